The van der Waals surface area contributed by atoms with Gasteiger partial charge >= 0.3 is 0 Å². The molecule has 0 saturated carbocycles. The molecule has 0 aliphatic carbocycles. The minimum Gasteiger partial charge on any atom is -0.507 e. The van der Waals surface area contributed by atoms with E-state index >= 15 is 0 Å². The van der Waals surface area contributed by atoms with Crippen LogP contribution < -0.4 is 10.5 Å². The van der Waals surface area contributed by atoms with E-state index in [4.69, 9.17) is 0 Å². The monoisotopic (exact) mass is 653 g/mol. The zero-order valence-electron chi connectivity index (χ0n) is 25.6. The number of imidazole rings is 1. The van der Waals surface area contributed by atoms with Crippen molar-refractivity contribution in [1.29, 1.82) is 0 Å². The van der Waals surface area contributed by atoms with E-state index in [0.717, 1.165) is 16.9 Å². The number of pyridine rings is 1. The number of aromatic nitrogens is 3. The van der Waals surface area contributed by atoms with Crippen LogP contribution in [0.2, 0.25) is 0 Å². The van der Waals surface area contributed by atoms with Crippen molar-refractivity contribution >= 4 is 23.1 Å². The summed E-state index contributed by atoms with van der Waals surface area (Å²) in [6.45, 7) is 1.52. The van der Waals surface area contributed by atoms with Gasteiger partial charge in [0, 0.05) is 86.3 Å². The summed E-state index contributed by atoms with van der Waals surface area (Å²) in [5.74, 6) is -5.93. The Hall–Kier alpha value is -5.91. The summed E-state index contributed by atoms with van der Waals surface area (Å²) < 4.78 is 45.7. The van der Waals surface area contributed by atoms with Crippen molar-refractivity contribution in [2.45, 2.75) is 13.0 Å². The minimum absolute atomic E-state index is 0.0472. The Morgan fingerprint density at radius 3 is 2.17 bits per heavy atom. The Bertz CT molecular complexity index is 2010. The normalized spacial score (nSPS) is 13.5. The molecule has 3 aromatic carbocycles. The van der Waals surface area contributed by atoms with E-state index in [-0.39, 0.29) is 37.2 Å². The number of aliphatic hydroxyl groups is 1. The molecule has 0 bridgehead atoms. The number of halogens is 3. The number of hydrogen-bond donors (Lipinski definition) is 1. The third kappa shape index (κ3) is 7.07. The first-order valence-corrected chi connectivity index (χ1v) is 15.1. The van der Waals surface area contributed by atoms with Crippen molar-refractivity contribution < 1.29 is 27.9 Å². The van der Waals surface area contributed by atoms with Crippen molar-refractivity contribution in [3.05, 3.63) is 154 Å². The Labute approximate surface area is 273 Å². The molecule has 0 radical (unpaired) electrons. The number of benzene rings is 3. The maximum Gasteiger partial charge on any atom is 0.294 e. The average Bonchev–Trinajstić information content (AvgIpc) is 3.63. The van der Waals surface area contributed by atoms with Crippen LogP contribution >= 0.6 is 0 Å². The van der Waals surface area contributed by atoms with Gasteiger partial charge in [0.2, 0.25) is 5.78 Å². The highest BCUT2D eigenvalue weighted by atomic mass is 19.1. The first-order chi connectivity index (χ1) is 23.2. The van der Waals surface area contributed by atoms with Crippen molar-refractivity contribution in [3.63, 3.8) is 0 Å². The third-order valence-electron chi connectivity index (χ3n) is 8.16. The van der Waals surface area contributed by atoms with E-state index in [2.05, 4.69) is 9.88 Å². The molecule has 5 aromatic rings. The number of carbonyl (C=O) groups excluding carboxylic acids is 2. The highest BCUT2D eigenvalue weighted by Gasteiger charge is 2.26. The SMILES string of the molecule is O=C(/C=C(/O)c1cc(Cc2c(F)cc(F)cc2F)cn(Cc2ccccc2)c1=O)C(=O)N1CCN(c2ccc(-n3ccnc3)cc2)CC1. The summed E-state index contributed by atoms with van der Waals surface area (Å²) in [7, 11) is 0. The van der Waals surface area contributed by atoms with Crippen LogP contribution in [0, 0.1) is 17.5 Å². The number of carbonyl (C=O) groups is 2. The van der Waals surface area contributed by atoms with Gasteiger partial charge in [0.1, 0.15) is 23.2 Å². The van der Waals surface area contributed by atoms with Crippen LogP contribution in [0.1, 0.15) is 22.3 Å². The fourth-order valence-electron chi connectivity index (χ4n) is 5.66. The quantitative estimate of drug-likeness (QED) is 0.138. The van der Waals surface area contributed by atoms with Crippen LogP contribution in [0.25, 0.3) is 11.4 Å². The Balaban J connectivity index is 1.19. The lowest BCUT2D eigenvalue weighted by atomic mass is 10.0. The molecular weight excluding hydrogens is 623 g/mol. The van der Waals surface area contributed by atoms with Gasteiger partial charge in [0.05, 0.1) is 18.4 Å². The number of piperazine rings is 1. The molecule has 2 aromatic heterocycles. The number of ketones is 1. The van der Waals surface area contributed by atoms with Crippen LogP contribution in [-0.4, -0.2) is 62.0 Å². The minimum atomic E-state index is -1.11. The molecule has 1 N–H and O–H groups in total. The fraction of sp³-hybridized carbons (Fsp3) is 0.167. The van der Waals surface area contributed by atoms with Crippen LogP contribution in [0.5, 0.6) is 0 Å². The molecule has 48 heavy (non-hydrogen) atoms. The molecule has 0 spiro atoms. The Morgan fingerprint density at radius 1 is 0.854 bits per heavy atom. The van der Waals surface area contributed by atoms with Crippen molar-refractivity contribution in [2.75, 3.05) is 31.1 Å². The summed E-state index contributed by atoms with van der Waals surface area (Å²) in [5, 5.41) is 11.0. The highest BCUT2D eigenvalue weighted by molar-refractivity contribution is 6.41. The largest absolute Gasteiger partial charge is 0.507 e. The van der Waals surface area contributed by atoms with E-state index in [9.17, 15) is 32.7 Å². The summed E-state index contributed by atoms with van der Waals surface area (Å²) in [5.41, 5.74) is 1.38. The molecule has 0 atom stereocenters. The van der Waals surface area contributed by atoms with Gasteiger partial charge in [-0.2, -0.15) is 0 Å². The number of anilines is 1. The zero-order valence-corrected chi connectivity index (χ0v) is 25.6. The number of aliphatic hydroxyl groups excluding tert-OH is 1. The predicted molar refractivity (Wildman–Crippen MR) is 173 cm³/mol. The van der Waals surface area contributed by atoms with E-state index in [1.54, 1.807) is 42.9 Å². The summed E-state index contributed by atoms with van der Waals surface area (Å²) in [6, 6.07) is 19.0. The third-order valence-corrected chi connectivity index (χ3v) is 8.16. The van der Waals surface area contributed by atoms with Crippen LogP contribution in [0.4, 0.5) is 18.9 Å². The lowest BCUT2D eigenvalue weighted by molar-refractivity contribution is -0.142. The summed E-state index contributed by atoms with van der Waals surface area (Å²) in [6.07, 6.45) is 6.94. The molecule has 1 aliphatic rings. The Morgan fingerprint density at radius 2 is 1.52 bits per heavy atom. The van der Waals surface area contributed by atoms with Gasteiger partial charge in [-0.3, -0.25) is 14.4 Å². The van der Waals surface area contributed by atoms with Crippen LogP contribution in [-0.2, 0) is 22.6 Å². The molecular formula is C36H30F3N5O4. The number of nitrogens with zero attached hydrogens (tertiary/aromatic N) is 5. The van der Waals surface area contributed by atoms with Crippen molar-refractivity contribution in [2.24, 2.45) is 0 Å². The fourth-order valence-corrected chi connectivity index (χ4v) is 5.66. The lowest BCUT2D eigenvalue weighted by Crippen LogP contribution is -2.50. The molecule has 1 saturated heterocycles. The van der Waals surface area contributed by atoms with Crippen molar-refractivity contribution in [3.8, 4) is 5.69 Å². The molecule has 3 heterocycles. The second-order valence-electron chi connectivity index (χ2n) is 11.4. The number of rotatable bonds is 9. The number of hydrogen-bond acceptors (Lipinski definition) is 6. The molecule has 12 heteroatoms. The standard InChI is InChI=1S/C36H30F3N5O4/c37-26-18-31(38)29(32(39)19-26)16-25-17-30(35(47)44(22-25)21-24-4-2-1-3-5-24)33(45)20-34(46)36(48)42-14-12-41(13-15-42)27-6-8-28(9-7-27)43-11-10-40-23-43/h1-11,17-20,22-23,45H,12-16,21H2/b33-20+. The zero-order chi connectivity index (χ0) is 33.8. The molecule has 1 fully saturated rings. The Kier molecular flexibility index (Phi) is 9.24. The van der Waals surface area contributed by atoms with E-state index in [1.165, 1.54) is 21.7 Å². The topological polar surface area (TPSA) is 101 Å². The van der Waals surface area contributed by atoms with Gasteiger partial charge < -0.3 is 24.0 Å². The van der Waals surface area contributed by atoms with E-state index < -0.39 is 46.0 Å². The smallest absolute Gasteiger partial charge is 0.294 e. The maximum atomic E-state index is 14.5. The van der Waals surface area contributed by atoms with Gasteiger partial charge in [-0.15, -0.1) is 0 Å². The average molecular weight is 654 g/mol. The molecule has 0 unspecified atom stereocenters. The van der Waals surface area contributed by atoms with Gasteiger partial charge in [0.15, 0.2) is 0 Å². The van der Waals surface area contributed by atoms with Gasteiger partial charge in [-0.1, -0.05) is 30.3 Å². The van der Waals surface area contributed by atoms with Crippen LogP contribution in [0.15, 0.2) is 109 Å². The van der Waals surface area contributed by atoms with E-state index in [0.29, 0.717) is 31.3 Å². The summed E-state index contributed by atoms with van der Waals surface area (Å²) >= 11 is 0. The molecule has 1 aliphatic heterocycles. The number of amides is 1. The maximum absolute atomic E-state index is 14.5. The van der Waals surface area contributed by atoms with Gasteiger partial charge in [-0.25, -0.2) is 18.2 Å². The van der Waals surface area contributed by atoms with Crippen molar-refractivity contribution in [1.82, 2.24) is 19.0 Å². The highest BCUT2D eigenvalue weighted by Crippen LogP contribution is 2.22. The van der Waals surface area contributed by atoms with Gasteiger partial charge in [-0.05, 0) is 41.5 Å². The van der Waals surface area contributed by atoms with Gasteiger partial charge in [0.25, 0.3) is 11.5 Å². The molecule has 6 rings (SSSR count). The van der Waals surface area contributed by atoms with Crippen LogP contribution in [0.3, 0.4) is 0 Å². The first kappa shape index (κ1) is 32.0. The second-order valence-corrected chi connectivity index (χ2v) is 11.4. The molecule has 244 valence electrons. The second kappa shape index (κ2) is 13.8. The molecule has 1 amide bonds. The predicted octanol–water partition coefficient (Wildman–Crippen LogP) is 4.91. The molecule has 9 nitrogen and oxygen atoms in total. The summed E-state index contributed by atoms with van der Waals surface area (Å²) in [4.78, 5) is 47.1. The first-order valence-electron chi connectivity index (χ1n) is 15.1. The van der Waals surface area contributed by atoms with E-state index in [1.807, 2.05) is 35.0 Å². The lowest BCUT2D eigenvalue weighted by Gasteiger charge is -2.35.